The molecule has 1 unspecified atom stereocenters. The maximum Gasteiger partial charge on any atom is 0.266 e. The summed E-state index contributed by atoms with van der Waals surface area (Å²) >= 11 is 5.85. The van der Waals surface area contributed by atoms with Gasteiger partial charge in [-0.05, 0) is 37.3 Å². The van der Waals surface area contributed by atoms with Crippen molar-refractivity contribution < 1.29 is 9.53 Å². The van der Waals surface area contributed by atoms with Crippen LogP contribution in [0.25, 0.3) is 0 Å². The van der Waals surface area contributed by atoms with Crippen molar-refractivity contribution in [2.24, 2.45) is 0 Å². The number of carbonyl (C=O) groups excluding carboxylic acids is 1. The first-order valence-corrected chi connectivity index (χ1v) is 6.55. The van der Waals surface area contributed by atoms with E-state index < -0.39 is 6.10 Å². The van der Waals surface area contributed by atoms with Crippen molar-refractivity contribution in [1.29, 1.82) is 5.26 Å². The molecule has 0 aliphatic carbocycles. The molecule has 1 N–H and O–H groups in total. The lowest BCUT2D eigenvalue weighted by Gasteiger charge is -2.14. The molecule has 0 bridgehead atoms. The molecular formula is C15H12ClN3O2. The van der Waals surface area contributed by atoms with Gasteiger partial charge in [0.05, 0.1) is 5.56 Å². The van der Waals surface area contributed by atoms with Gasteiger partial charge in [0.25, 0.3) is 5.91 Å². The molecule has 21 heavy (non-hydrogen) atoms. The van der Waals surface area contributed by atoms with Gasteiger partial charge >= 0.3 is 0 Å². The Bertz CT molecular complexity index is 680. The second kappa shape index (κ2) is 6.73. The molecule has 106 valence electrons. The number of hydrogen-bond acceptors (Lipinski definition) is 4. The fraction of sp³-hybridized carbons (Fsp3) is 0.133. The molecule has 0 spiro atoms. The Kier molecular flexibility index (Phi) is 4.75. The number of nitrogens with zero attached hydrogens (tertiary/aromatic N) is 2. The Hall–Kier alpha value is -2.58. The Morgan fingerprint density at radius 2 is 2.24 bits per heavy atom. The molecule has 0 saturated carbocycles. The van der Waals surface area contributed by atoms with Crippen molar-refractivity contribution in [2.45, 2.75) is 13.0 Å². The number of anilines is 1. The number of nitriles is 1. The SMILES string of the molecule is CC(Oc1cccc(Cl)c1)C(=O)Nc1ccc(C#N)cn1. The van der Waals surface area contributed by atoms with E-state index in [1.54, 1.807) is 43.3 Å². The van der Waals surface area contributed by atoms with Gasteiger partial charge in [0, 0.05) is 11.2 Å². The molecule has 0 aliphatic heterocycles. The third-order valence-corrected chi connectivity index (χ3v) is 2.86. The Labute approximate surface area is 127 Å². The monoisotopic (exact) mass is 301 g/mol. The van der Waals surface area contributed by atoms with Gasteiger partial charge in [-0.3, -0.25) is 4.79 Å². The second-order valence-corrected chi connectivity index (χ2v) is 4.69. The first-order valence-electron chi connectivity index (χ1n) is 6.18. The van der Waals surface area contributed by atoms with E-state index in [2.05, 4.69) is 10.3 Å². The van der Waals surface area contributed by atoms with Crippen LogP contribution in [0.4, 0.5) is 5.82 Å². The molecule has 0 saturated heterocycles. The maximum atomic E-state index is 12.0. The van der Waals surface area contributed by atoms with Gasteiger partial charge in [0.2, 0.25) is 0 Å². The van der Waals surface area contributed by atoms with E-state index in [1.165, 1.54) is 6.20 Å². The molecule has 2 aromatic rings. The van der Waals surface area contributed by atoms with E-state index in [4.69, 9.17) is 21.6 Å². The topological polar surface area (TPSA) is 75.0 Å². The standard InChI is InChI=1S/C15H12ClN3O2/c1-10(21-13-4-2-3-12(16)7-13)15(20)19-14-6-5-11(8-17)9-18-14/h2-7,9-10H,1H3,(H,18,19,20). The minimum absolute atomic E-state index is 0.341. The number of carbonyl (C=O) groups is 1. The van der Waals surface area contributed by atoms with E-state index in [0.717, 1.165) is 0 Å². The van der Waals surface area contributed by atoms with Gasteiger partial charge in [-0.25, -0.2) is 4.98 Å². The summed E-state index contributed by atoms with van der Waals surface area (Å²) in [6, 6.07) is 11.9. The van der Waals surface area contributed by atoms with Crippen LogP contribution in [0.15, 0.2) is 42.6 Å². The van der Waals surface area contributed by atoms with Gasteiger partial charge in [-0.1, -0.05) is 17.7 Å². The number of ether oxygens (including phenoxy) is 1. The lowest BCUT2D eigenvalue weighted by atomic mass is 10.3. The summed E-state index contributed by atoms with van der Waals surface area (Å²) in [6.07, 6.45) is 0.680. The molecule has 0 radical (unpaired) electrons. The summed E-state index contributed by atoms with van der Waals surface area (Å²) in [5.74, 6) is 0.533. The lowest BCUT2D eigenvalue weighted by molar-refractivity contribution is -0.122. The summed E-state index contributed by atoms with van der Waals surface area (Å²) in [4.78, 5) is 15.9. The van der Waals surface area contributed by atoms with E-state index in [-0.39, 0.29) is 5.91 Å². The highest BCUT2D eigenvalue weighted by molar-refractivity contribution is 6.30. The van der Waals surface area contributed by atoms with Crippen molar-refractivity contribution in [3.05, 3.63) is 53.2 Å². The fourth-order valence-corrected chi connectivity index (χ4v) is 1.74. The minimum atomic E-state index is -0.707. The number of hydrogen-bond donors (Lipinski definition) is 1. The molecular weight excluding hydrogens is 290 g/mol. The summed E-state index contributed by atoms with van der Waals surface area (Å²) in [5.41, 5.74) is 0.427. The molecule has 1 heterocycles. The van der Waals surface area contributed by atoms with Gasteiger partial charge in [0.1, 0.15) is 17.6 Å². The van der Waals surface area contributed by atoms with Crippen LogP contribution in [0.2, 0.25) is 5.02 Å². The maximum absolute atomic E-state index is 12.0. The number of benzene rings is 1. The van der Waals surface area contributed by atoms with Gasteiger partial charge in [-0.15, -0.1) is 0 Å². The molecule has 1 aromatic carbocycles. The van der Waals surface area contributed by atoms with Crippen molar-refractivity contribution in [3.8, 4) is 11.8 Å². The summed E-state index contributed by atoms with van der Waals surface area (Å²) in [5, 5.41) is 11.8. The molecule has 1 aromatic heterocycles. The van der Waals surface area contributed by atoms with Gasteiger partial charge < -0.3 is 10.1 Å². The smallest absolute Gasteiger partial charge is 0.266 e. The van der Waals surface area contributed by atoms with Gasteiger partial charge in [-0.2, -0.15) is 5.26 Å². The molecule has 5 nitrogen and oxygen atoms in total. The van der Waals surface area contributed by atoms with Crippen LogP contribution < -0.4 is 10.1 Å². The largest absolute Gasteiger partial charge is 0.481 e. The van der Waals surface area contributed by atoms with Crippen LogP contribution in [0.3, 0.4) is 0 Å². The number of aromatic nitrogens is 1. The first kappa shape index (κ1) is 14.8. The summed E-state index contributed by atoms with van der Waals surface area (Å²) < 4.78 is 5.50. The third kappa shape index (κ3) is 4.20. The zero-order chi connectivity index (χ0) is 15.2. The van der Waals surface area contributed by atoms with E-state index in [9.17, 15) is 4.79 Å². The summed E-state index contributed by atoms with van der Waals surface area (Å²) in [7, 11) is 0. The predicted octanol–water partition coefficient (Wildman–Crippen LogP) is 3.01. The average molecular weight is 302 g/mol. The number of amides is 1. The third-order valence-electron chi connectivity index (χ3n) is 2.62. The molecule has 1 atom stereocenters. The molecule has 6 heteroatoms. The summed E-state index contributed by atoms with van der Waals surface area (Å²) in [6.45, 7) is 1.62. The predicted molar refractivity (Wildman–Crippen MR) is 79.1 cm³/mol. The van der Waals surface area contributed by atoms with Crippen molar-refractivity contribution in [2.75, 3.05) is 5.32 Å². The van der Waals surface area contributed by atoms with Crippen LogP contribution in [0.5, 0.6) is 5.75 Å². The normalized spacial score (nSPS) is 11.3. The van der Waals surface area contributed by atoms with Crippen LogP contribution in [0.1, 0.15) is 12.5 Å². The number of halogens is 1. The minimum Gasteiger partial charge on any atom is -0.481 e. The van der Waals surface area contributed by atoms with Crippen molar-refractivity contribution >= 4 is 23.3 Å². The highest BCUT2D eigenvalue weighted by Crippen LogP contribution is 2.18. The van der Waals surface area contributed by atoms with Crippen molar-refractivity contribution in [3.63, 3.8) is 0 Å². The fourth-order valence-electron chi connectivity index (χ4n) is 1.56. The molecule has 2 rings (SSSR count). The van der Waals surface area contributed by atoms with Crippen LogP contribution >= 0.6 is 11.6 Å². The van der Waals surface area contributed by atoms with Gasteiger partial charge in [0.15, 0.2) is 6.10 Å². The number of rotatable bonds is 4. The zero-order valence-electron chi connectivity index (χ0n) is 11.2. The molecule has 0 aliphatic rings. The first-order chi connectivity index (χ1) is 10.1. The van der Waals surface area contributed by atoms with Crippen molar-refractivity contribution in [1.82, 2.24) is 4.98 Å². The quantitative estimate of drug-likeness (QED) is 0.942. The number of pyridine rings is 1. The zero-order valence-corrected chi connectivity index (χ0v) is 12.0. The van der Waals surface area contributed by atoms with Crippen LogP contribution in [0, 0.1) is 11.3 Å². The Morgan fingerprint density at radius 1 is 1.43 bits per heavy atom. The highest BCUT2D eigenvalue weighted by Gasteiger charge is 2.15. The van der Waals surface area contributed by atoms with Crippen LogP contribution in [-0.2, 0) is 4.79 Å². The second-order valence-electron chi connectivity index (χ2n) is 4.25. The average Bonchev–Trinajstić information content (AvgIpc) is 2.48. The van der Waals surface area contributed by atoms with E-state index >= 15 is 0 Å². The molecule has 0 fully saturated rings. The highest BCUT2D eigenvalue weighted by atomic mass is 35.5. The number of nitrogens with one attached hydrogen (secondary N) is 1. The Morgan fingerprint density at radius 3 is 2.86 bits per heavy atom. The van der Waals surface area contributed by atoms with Crippen LogP contribution in [-0.4, -0.2) is 17.0 Å². The Balaban J connectivity index is 1.97. The van der Waals surface area contributed by atoms with E-state index in [0.29, 0.717) is 22.2 Å². The van der Waals surface area contributed by atoms with E-state index in [1.807, 2.05) is 6.07 Å². The molecule has 1 amide bonds. The lowest BCUT2D eigenvalue weighted by Crippen LogP contribution is -2.30.